The number of aromatic nitrogens is 3. The van der Waals surface area contributed by atoms with Gasteiger partial charge in [-0.1, -0.05) is 55.8 Å². The molecule has 2 amide bonds. The predicted octanol–water partition coefficient (Wildman–Crippen LogP) is 3.87. The van der Waals surface area contributed by atoms with Gasteiger partial charge in [-0.2, -0.15) is 4.98 Å². The SMILES string of the molecule is CCCCNC(=O)N1CCN(c2nc(CCC)nc3onc(-c4ccccc4)c23)CC1. The van der Waals surface area contributed by atoms with Gasteiger partial charge in [-0.15, -0.1) is 0 Å². The number of hydrogen-bond acceptors (Lipinski definition) is 6. The second-order valence-corrected chi connectivity index (χ2v) is 7.85. The number of unbranched alkanes of at least 4 members (excludes halogenated alkanes) is 1. The molecule has 3 heterocycles. The Bertz CT molecular complexity index is 1010. The highest BCUT2D eigenvalue weighted by molar-refractivity contribution is 5.98. The summed E-state index contributed by atoms with van der Waals surface area (Å²) in [6.45, 7) is 7.67. The summed E-state index contributed by atoms with van der Waals surface area (Å²) in [4.78, 5) is 26.0. The van der Waals surface area contributed by atoms with Gasteiger partial charge < -0.3 is 19.6 Å². The van der Waals surface area contributed by atoms with Crippen LogP contribution in [0.3, 0.4) is 0 Å². The summed E-state index contributed by atoms with van der Waals surface area (Å²) in [5.74, 6) is 1.61. The van der Waals surface area contributed by atoms with E-state index in [-0.39, 0.29) is 6.03 Å². The number of carbonyl (C=O) groups is 1. The number of carbonyl (C=O) groups excluding carboxylic acids is 1. The van der Waals surface area contributed by atoms with Gasteiger partial charge in [0.25, 0.3) is 5.71 Å². The van der Waals surface area contributed by atoms with Gasteiger partial charge in [0.05, 0.1) is 0 Å². The van der Waals surface area contributed by atoms with Gasteiger partial charge in [-0.25, -0.2) is 9.78 Å². The monoisotopic (exact) mass is 422 g/mol. The van der Waals surface area contributed by atoms with Gasteiger partial charge in [-0.05, 0) is 12.8 Å². The Morgan fingerprint density at radius 3 is 2.55 bits per heavy atom. The fourth-order valence-electron chi connectivity index (χ4n) is 3.84. The maximum Gasteiger partial charge on any atom is 0.317 e. The number of piperazine rings is 1. The minimum Gasteiger partial charge on any atom is -0.352 e. The van der Waals surface area contributed by atoms with Crippen molar-refractivity contribution < 1.29 is 9.32 Å². The Hall–Kier alpha value is -3.16. The molecular weight excluding hydrogens is 392 g/mol. The van der Waals surface area contributed by atoms with Crippen LogP contribution in [-0.4, -0.2) is 58.8 Å². The van der Waals surface area contributed by atoms with Crippen molar-refractivity contribution in [2.24, 2.45) is 0 Å². The van der Waals surface area contributed by atoms with Crippen LogP contribution in [0.25, 0.3) is 22.4 Å². The lowest BCUT2D eigenvalue weighted by Gasteiger charge is -2.35. The molecule has 164 valence electrons. The van der Waals surface area contributed by atoms with Crippen LogP contribution in [0.5, 0.6) is 0 Å². The molecule has 0 spiro atoms. The van der Waals surface area contributed by atoms with E-state index in [9.17, 15) is 4.79 Å². The highest BCUT2D eigenvalue weighted by Crippen LogP contribution is 2.34. The molecule has 1 N–H and O–H groups in total. The number of anilines is 1. The van der Waals surface area contributed by atoms with Crippen molar-refractivity contribution in [3.8, 4) is 11.3 Å². The summed E-state index contributed by atoms with van der Waals surface area (Å²) >= 11 is 0. The third kappa shape index (κ3) is 4.62. The predicted molar refractivity (Wildman–Crippen MR) is 121 cm³/mol. The Kier molecular flexibility index (Phi) is 6.64. The van der Waals surface area contributed by atoms with Gasteiger partial charge in [-0.3, -0.25) is 0 Å². The van der Waals surface area contributed by atoms with Crippen LogP contribution >= 0.6 is 0 Å². The van der Waals surface area contributed by atoms with E-state index < -0.39 is 0 Å². The van der Waals surface area contributed by atoms with Gasteiger partial charge >= 0.3 is 6.03 Å². The Balaban J connectivity index is 1.60. The second kappa shape index (κ2) is 9.76. The van der Waals surface area contributed by atoms with E-state index in [0.29, 0.717) is 31.9 Å². The van der Waals surface area contributed by atoms with E-state index in [1.807, 2.05) is 35.2 Å². The first-order valence-electron chi connectivity index (χ1n) is 11.2. The molecule has 3 aromatic rings. The van der Waals surface area contributed by atoms with Crippen molar-refractivity contribution in [1.82, 2.24) is 25.3 Å². The number of amides is 2. The summed E-state index contributed by atoms with van der Waals surface area (Å²) in [6.07, 6.45) is 3.81. The summed E-state index contributed by atoms with van der Waals surface area (Å²) < 4.78 is 5.63. The maximum absolute atomic E-state index is 12.4. The fourth-order valence-corrected chi connectivity index (χ4v) is 3.84. The molecular formula is C23H30N6O2. The largest absolute Gasteiger partial charge is 0.352 e. The van der Waals surface area contributed by atoms with Crippen LogP contribution in [0.4, 0.5) is 10.6 Å². The standard InChI is InChI=1S/C23H30N6O2/c1-3-5-12-24-23(30)29-15-13-28(14-16-29)21-19-20(17-10-7-6-8-11-17)27-31-22(19)26-18(25-21)9-4-2/h6-8,10-11H,3-5,9,12-16H2,1-2H3,(H,24,30). The molecule has 1 fully saturated rings. The number of hydrogen-bond donors (Lipinski definition) is 1. The average molecular weight is 423 g/mol. The minimum absolute atomic E-state index is 0.0163. The topological polar surface area (TPSA) is 87.4 Å². The average Bonchev–Trinajstić information content (AvgIpc) is 3.24. The van der Waals surface area contributed by atoms with Crippen molar-refractivity contribution >= 4 is 22.9 Å². The van der Waals surface area contributed by atoms with Crippen LogP contribution in [0.1, 0.15) is 38.9 Å². The lowest BCUT2D eigenvalue weighted by atomic mass is 10.1. The van der Waals surface area contributed by atoms with Crippen molar-refractivity contribution in [1.29, 1.82) is 0 Å². The molecule has 0 bridgehead atoms. The zero-order chi connectivity index (χ0) is 21.6. The molecule has 4 rings (SSSR count). The molecule has 1 aromatic carbocycles. The third-order valence-electron chi connectivity index (χ3n) is 5.56. The Labute approximate surface area is 182 Å². The molecule has 31 heavy (non-hydrogen) atoms. The molecule has 0 unspecified atom stereocenters. The van der Waals surface area contributed by atoms with Crippen molar-refractivity contribution in [2.45, 2.75) is 39.5 Å². The Morgan fingerprint density at radius 1 is 1.06 bits per heavy atom. The van der Waals surface area contributed by atoms with Gasteiger partial charge in [0, 0.05) is 44.7 Å². The van der Waals surface area contributed by atoms with Gasteiger partial charge in [0.1, 0.15) is 22.7 Å². The summed E-state index contributed by atoms with van der Waals surface area (Å²) in [5, 5.41) is 8.18. The molecule has 0 saturated carbocycles. The number of fused-ring (bicyclic) bond motifs is 1. The maximum atomic E-state index is 12.4. The molecule has 0 atom stereocenters. The first-order chi connectivity index (χ1) is 15.2. The molecule has 8 nitrogen and oxygen atoms in total. The van der Waals surface area contributed by atoms with E-state index in [1.54, 1.807) is 0 Å². The number of benzene rings is 1. The highest BCUT2D eigenvalue weighted by atomic mass is 16.5. The van der Waals surface area contributed by atoms with Gasteiger partial charge in [0.2, 0.25) is 0 Å². The van der Waals surface area contributed by atoms with E-state index in [4.69, 9.17) is 9.51 Å². The smallest absolute Gasteiger partial charge is 0.317 e. The van der Waals surface area contributed by atoms with Crippen LogP contribution in [0.2, 0.25) is 0 Å². The summed E-state index contributed by atoms with van der Waals surface area (Å²) in [7, 11) is 0. The summed E-state index contributed by atoms with van der Waals surface area (Å²) in [5.41, 5.74) is 2.25. The van der Waals surface area contributed by atoms with Crippen molar-refractivity contribution in [3.63, 3.8) is 0 Å². The molecule has 1 saturated heterocycles. The normalized spacial score (nSPS) is 14.3. The second-order valence-electron chi connectivity index (χ2n) is 7.85. The quantitative estimate of drug-likeness (QED) is 0.582. The molecule has 8 heteroatoms. The molecule has 0 aliphatic carbocycles. The summed E-state index contributed by atoms with van der Waals surface area (Å²) in [6, 6.07) is 9.99. The van der Waals surface area contributed by atoms with E-state index in [1.165, 1.54) is 0 Å². The highest BCUT2D eigenvalue weighted by Gasteiger charge is 2.26. The lowest BCUT2D eigenvalue weighted by Crippen LogP contribution is -2.52. The number of urea groups is 1. The zero-order valence-electron chi connectivity index (χ0n) is 18.3. The number of nitrogens with zero attached hydrogens (tertiary/aromatic N) is 5. The minimum atomic E-state index is 0.0163. The number of rotatable bonds is 7. The third-order valence-corrected chi connectivity index (χ3v) is 5.56. The Morgan fingerprint density at radius 2 is 1.84 bits per heavy atom. The van der Waals surface area contributed by atoms with Crippen LogP contribution in [-0.2, 0) is 6.42 Å². The fraction of sp³-hybridized carbons (Fsp3) is 0.478. The zero-order valence-corrected chi connectivity index (χ0v) is 18.3. The van der Waals surface area contributed by atoms with Crippen molar-refractivity contribution in [2.75, 3.05) is 37.6 Å². The molecule has 1 aliphatic rings. The van der Waals surface area contributed by atoms with Crippen molar-refractivity contribution in [3.05, 3.63) is 36.2 Å². The van der Waals surface area contributed by atoms with Crippen LogP contribution in [0.15, 0.2) is 34.9 Å². The lowest BCUT2D eigenvalue weighted by molar-refractivity contribution is 0.194. The van der Waals surface area contributed by atoms with E-state index in [2.05, 4.69) is 34.2 Å². The van der Waals surface area contributed by atoms with Gasteiger partial charge in [0.15, 0.2) is 0 Å². The van der Waals surface area contributed by atoms with Crippen LogP contribution < -0.4 is 10.2 Å². The number of aryl methyl sites for hydroxylation is 1. The molecule has 2 aromatic heterocycles. The first kappa shape index (κ1) is 21.1. The van der Waals surface area contributed by atoms with E-state index in [0.717, 1.165) is 60.5 Å². The molecule has 1 aliphatic heterocycles. The first-order valence-corrected chi connectivity index (χ1v) is 11.2. The van der Waals surface area contributed by atoms with Crippen LogP contribution in [0, 0.1) is 0 Å². The number of nitrogens with one attached hydrogen (secondary N) is 1. The molecule has 0 radical (unpaired) electrons. The van der Waals surface area contributed by atoms with E-state index >= 15 is 0 Å².